The number of hydrazone groups is 1. The van der Waals surface area contributed by atoms with Crippen LogP contribution in [0.1, 0.15) is 18.1 Å². The highest BCUT2D eigenvalue weighted by molar-refractivity contribution is 7.80. The average Bonchev–Trinajstić information content (AvgIpc) is 2.66. The highest BCUT2D eigenvalue weighted by Gasteiger charge is 2.15. The summed E-state index contributed by atoms with van der Waals surface area (Å²) in [4.78, 5) is 0. The lowest BCUT2D eigenvalue weighted by Crippen LogP contribution is -2.33. The molecule has 0 aliphatic heterocycles. The van der Waals surface area contributed by atoms with Crippen molar-refractivity contribution >= 4 is 23.5 Å². The molecule has 2 rings (SSSR count). The number of thiocarbonyl (C=S) groups is 1. The Morgan fingerprint density at radius 2 is 1.96 bits per heavy atom. The summed E-state index contributed by atoms with van der Waals surface area (Å²) >= 11 is 5.29. The molecule has 0 spiro atoms. The molecular weight excluding hydrogens is 372 g/mol. The number of hydrogen-bond donors (Lipinski definition) is 1. The molecule has 0 bridgehead atoms. The van der Waals surface area contributed by atoms with Crippen molar-refractivity contribution in [3.63, 3.8) is 0 Å². The SMILES string of the molecule is CCOc1cccc(/C=N\N(C)C(=S)NCc2ccccc2)c1OC(F)F. The molecule has 0 unspecified atom stereocenters. The van der Waals surface area contributed by atoms with E-state index in [1.54, 1.807) is 32.2 Å². The molecule has 0 aliphatic rings. The Kier molecular flexibility index (Phi) is 7.94. The fraction of sp³-hybridized carbons (Fsp3) is 0.263. The highest BCUT2D eigenvalue weighted by Crippen LogP contribution is 2.31. The first kappa shape index (κ1) is 20.6. The Morgan fingerprint density at radius 1 is 1.22 bits per heavy atom. The van der Waals surface area contributed by atoms with E-state index in [2.05, 4.69) is 15.2 Å². The minimum atomic E-state index is -2.97. The molecule has 27 heavy (non-hydrogen) atoms. The van der Waals surface area contributed by atoms with Crippen LogP contribution in [-0.2, 0) is 6.54 Å². The second-order valence-electron chi connectivity index (χ2n) is 5.40. The van der Waals surface area contributed by atoms with Gasteiger partial charge in [0.1, 0.15) is 0 Å². The minimum absolute atomic E-state index is 0.0605. The van der Waals surface area contributed by atoms with E-state index in [-0.39, 0.29) is 11.5 Å². The van der Waals surface area contributed by atoms with E-state index in [4.69, 9.17) is 17.0 Å². The predicted octanol–water partition coefficient (Wildman–Crippen LogP) is 4.03. The summed E-state index contributed by atoms with van der Waals surface area (Å²) in [5.74, 6) is 0.170. The first-order chi connectivity index (χ1) is 13.0. The number of nitrogens with one attached hydrogen (secondary N) is 1. The summed E-state index contributed by atoms with van der Waals surface area (Å²) in [5.41, 5.74) is 1.44. The van der Waals surface area contributed by atoms with Crippen LogP contribution >= 0.6 is 12.2 Å². The van der Waals surface area contributed by atoms with Crippen LogP contribution in [0, 0.1) is 0 Å². The van der Waals surface area contributed by atoms with Gasteiger partial charge in [-0.05, 0) is 36.8 Å². The van der Waals surface area contributed by atoms with Crippen molar-refractivity contribution in [1.29, 1.82) is 0 Å². The summed E-state index contributed by atoms with van der Waals surface area (Å²) in [7, 11) is 1.66. The van der Waals surface area contributed by atoms with Gasteiger partial charge in [0, 0.05) is 19.2 Å². The molecule has 0 fully saturated rings. The Hall–Kier alpha value is -2.74. The number of nitrogens with zero attached hydrogens (tertiary/aromatic N) is 2. The highest BCUT2D eigenvalue weighted by atomic mass is 32.1. The van der Waals surface area contributed by atoms with Crippen LogP contribution < -0.4 is 14.8 Å². The maximum absolute atomic E-state index is 12.7. The molecule has 144 valence electrons. The molecule has 1 N–H and O–H groups in total. The van der Waals surface area contributed by atoms with E-state index >= 15 is 0 Å². The molecule has 2 aromatic rings. The fourth-order valence-electron chi connectivity index (χ4n) is 2.21. The average molecular weight is 393 g/mol. The molecule has 5 nitrogen and oxygen atoms in total. The second kappa shape index (κ2) is 10.4. The van der Waals surface area contributed by atoms with Crippen LogP contribution in [0.5, 0.6) is 11.5 Å². The van der Waals surface area contributed by atoms with Gasteiger partial charge in [-0.15, -0.1) is 0 Å². The third-order valence-electron chi connectivity index (χ3n) is 3.47. The van der Waals surface area contributed by atoms with Crippen LogP contribution in [0.4, 0.5) is 8.78 Å². The maximum atomic E-state index is 12.7. The number of halogens is 2. The van der Waals surface area contributed by atoms with Crippen molar-refractivity contribution in [1.82, 2.24) is 10.3 Å². The molecule has 0 saturated heterocycles. The number of alkyl halides is 2. The van der Waals surface area contributed by atoms with Gasteiger partial charge in [-0.2, -0.15) is 13.9 Å². The Morgan fingerprint density at radius 3 is 2.63 bits per heavy atom. The summed E-state index contributed by atoms with van der Waals surface area (Å²) in [6.07, 6.45) is 1.40. The van der Waals surface area contributed by atoms with Gasteiger partial charge in [-0.1, -0.05) is 36.4 Å². The Bertz CT molecular complexity index is 773. The topological polar surface area (TPSA) is 46.1 Å². The van der Waals surface area contributed by atoms with Crippen molar-refractivity contribution in [3.8, 4) is 11.5 Å². The van der Waals surface area contributed by atoms with Crippen molar-refractivity contribution in [3.05, 3.63) is 59.7 Å². The van der Waals surface area contributed by atoms with Crippen LogP contribution in [0.3, 0.4) is 0 Å². The van der Waals surface area contributed by atoms with Gasteiger partial charge in [-0.3, -0.25) is 0 Å². The van der Waals surface area contributed by atoms with Crippen molar-refractivity contribution in [2.75, 3.05) is 13.7 Å². The molecule has 0 amide bonds. The van der Waals surface area contributed by atoms with Gasteiger partial charge in [0.2, 0.25) is 0 Å². The molecular formula is C19H21F2N3O2S. The number of rotatable bonds is 8. The van der Waals surface area contributed by atoms with Gasteiger partial charge in [0.05, 0.1) is 12.8 Å². The van der Waals surface area contributed by atoms with Gasteiger partial charge >= 0.3 is 6.61 Å². The van der Waals surface area contributed by atoms with Gasteiger partial charge in [0.15, 0.2) is 16.6 Å². The van der Waals surface area contributed by atoms with E-state index in [1.807, 2.05) is 30.3 Å². The molecule has 0 aliphatic carbocycles. The van der Waals surface area contributed by atoms with Gasteiger partial charge < -0.3 is 14.8 Å². The standard InChI is InChI=1S/C19H21F2N3O2S/c1-3-25-16-11-7-10-15(17(16)26-18(20)21)13-23-24(2)19(27)22-12-14-8-5-4-6-9-14/h4-11,13,18H,3,12H2,1-2H3,(H,22,27)/b23-13-. The number of para-hydroxylation sites is 1. The van der Waals surface area contributed by atoms with E-state index in [1.165, 1.54) is 11.2 Å². The number of benzene rings is 2. The Balaban J connectivity index is 2.06. The van der Waals surface area contributed by atoms with E-state index in [0.29, 0.717) is 23.8 Å². The second-order valence-corrected chi connectivity index (χ2v) is 5.79. The zero-order chi connectivity index (χ0) is 19.6. The van der Waals surface area contributed by atoms with Crippen LogP contribution in [0.15, 0.2) is 53.6 Å². The molecule has 0 saturated carbocycles. The maximum Gasteiger partial charge on any atom is 0.387 e. The zero-order valence-corrected chi connectivity index (χ0v) is 15.9. The molecule has 2 aromatic carbocycles. The normalized spacial score (nSPS) is 10.9. The lowest BCUT2D eigenvalue weighted by molar-refractivity contribution is -0.0515. The molecule has 8 heteroatoms. The number of hydrogen-bond acceptors (Lipinski definition) is 4. The molecule has 0 aromatic heterocycles. The third-order valence-corrected chi connectivity index (χ3v) is 3.88. The van der Waals surface area contributed by atoms with Crippen molar-refractivity contribution < 1.29 is 18.3 Å². The first-order valence-corrected chi connectivity index (χ1v) is 8.72. The first-order valence-electron chi connectivity index (χ1n) is 8.31. The Labute approximate surface area is 162 Å². The van der Waals surface area contributed by atoms with Gasteiger partial charge in [0.25, 0.3) is 0 Å². The van der Waals surface area contributed by atoms with Gasteiger partial charge in [-0.25, -0.2) is 5.01 Å². The quantitative estimate of drug-likeness (QED) is 0.417. The summed E-state index contributed by atoms with van der Waals surface area (Å²) < 4.78 is 35.5. The van der Waals surface area contributed by atoms with E-state index in [0.717, 1.165) is 5.56 Å². The van der Waals surface area contributed by atoms with Crippen LogP contribution in [0.2, 0.25) is 0 Å². The minimum Gasteiger partial charge on any atom is -0.490 e. The lowest BCUT2D eigenvalue weighted by atomic mass is 10.2. The largest absolute Gasteiger partial charge is 0.490 e. The third kappa shape index (κ3) is 6.49. The molecule has 0 radical (unpaired) electrons. The molecule has 0 atom stereocenters. The monoisotopic (exact) mass is 393 g/mol. The van der Waals surface area contributed by atoms with E-state index in [9.17, 15) is 8.78 Å². The predicted molar refractivity (Wildman–Crippen MR) is 105 cm³/mol. The smallest absolute Gasteiger partial charge is 0.387 e. The van der Waals surface area contributed by atoms with Crippen molar-refractivity contribution in [2.45, 2.75) is 20.1 Å². The summed E-state index contributed by atoms with van der Waals surface area (Å²) in [6.45, 7) is -0.324. The summed E-state index contributed by atoms with van der Waals surface area (Å²) in [5, 5.41) is 9.12. The fourth-order valence-corrected chi connectivity index (χ4v) is 2.33. The van der Waals surface area contributed by atoms with E-state index < -0.39 is 6.61 Å². The van der Waals surface area contributed by atoms with Crippen LogP contribution in [0.25, 0.3) is 0 Å². The lowest BCUT2D eigenvalue weighted by Gasteiger charge is -2.17. The molecule has 0 heterocycles. The summed E-state index contributed by atoms with van der Waals surface area (Å²) in [6, 6.07) is 14.6. The van der Waals surface area contributed by atoms with Crippen molar-refractivity contribution in [2.24, 2.45) is 5.10 Å². The zero-order valence-electron chi connectivity index (χ0n) is 15.1. The number of ether oxygens (including phenoxy) is 2. The van der Waals surface area contributed by atoms with Crippen LogP contribution in [-0.4, -0.2) is 36.6 Å².